The number of nitrogens with zero attached hydrogens (tertiary/aromatic N) is 2. The van der Waals surface area contributed by atoms with E-state index in [9.17, 15) is 0 Å². The topological polar surface area (TPSA) is 51.8 Å². The standard InChI is InChI=1S/C16H23N3/c17-2-1-14-9-19-15(10-18-14)16-6-11-3-12(7-16)5-13(4-11)8-16/h9-13H,1-8,17H2. The lowest BCUT2D eigenvalue weighted by atomic mass is 9.49. The van der Waals surface area contributed by atoms with Crippen molar-refractivity contribution in [1.29, 1.82) is 0 Å². The summed E-state index contributed by atoms with van der Waals surface area (Å²) < 4.78 is 0. The number of hydrogen-bond donors (Lipinski definition) is 1. The molecule has 3 nitrogen and oxygen atoms in total. The molecule has 2 N–H and O–H groups in total. The fourth-order valence-electron chi connectivity index (χ4n) is 5.33. The van der Waals surface area contributed by atoms with Crippen molar-refractivity contribution in [2.24, 2.45) is 23.5 Å². The normalized spacial score (nSPS) is 39.7. The van der Waals surface area contributed by atoms with Crippen LogP contribution in [-0.2, 0) is 11.8 Å². The minimum Gasteiger partial charge on any atom is -0.330 e. The SMILES string of the molecule is NCCc1cnc(C23CC4CC(CC(C4)C2)C3)cn1. The molecule has 4 fully saturated rings. The van der Waals surface area contributed by atoms with E-state index in [1.807, 2.05) is 6.20 Å². The molecule has 0 atom stereocenters. The molecule has 4 bridgehead atoms. The quantitative estimate of drug-likeness (QED) is 0.905. The van der Waals surface area contributed by atoms with Gasteiger partial charge in [0.2, 0.25) is 0 Å². The maximum absolute atomic E-state index is 5.58. The van der Waals surface area contributed by atoms with E-state index >= 15 is 0 Å². The van der Waals surface area contributed by atoms with Crippen LogP contribution in [-0.4, -0.2) is 16.5 Å². The minimum absolute atomic E-state index is 0.378. The fourth-order valence-corrected chi connectivity index (χ4v) is 5.33. The Bertz CT molecular complexity index is 430. The van der Waals surface area contributed by atoms with Crippen LogP contribution >= 0.6 is 0 Å². The first-order chi connectivity index (χ1) is 9.27. The van der Waals surface area contributed by atoms with Gasteiger partial charge in [0.25, 0.3) is 0 Å². The molecule has 0 saturated heterocycles. The lowest BCUT2D eigenvalue weighted by Gasteiger charge is -2.56. The van der Waals surface area contributed by atoms with E-state index in [-0.39, 0.29) is 0 Å². The molecule has 4 saturated carbocycles. The van der Waals surface area contributed by atoms with Crippen molar-refractivity contribution in [2.75, 3.05) is 6.54 Å². The summed E-state index contributed by atoms with van der Waals surface area (Å²) in [5.41, 5.74) is 8.26. The maximum atomic E-state index is 5.58. The molecule has 0 aromatic carbocycles. The number of hydrogen-bond acceptors (Lipinski definition) is 3. The Hall–Kier alpha value is -0.960. The minimum atomic E-state index is 0.378. The molecule has 3 heteroatoms. The van der Waals surface area contributed by atoms with Crippen molar-refractivity contribution < 1.29 is 0 Å². The second-order valence-electron chi connectivity index (χ2n) is 7.13. The Kier molecular flexibility index (Phi) is 2.66. The summed E-state index contributed by atoms with van der Waals surface area (Å²) in [6.45, 7) is 0.658. The van der Waals surface area contributed by atoms with Crippen LogP contribution in [0.15, 0.2) is 12.4 Å². The van der Waals surface area contributed by atoms with Crippen molar-refractivity contribution in [1.82, 2.24) is 9.97 Å². The molecule has 4 aliphatic rings. The van der Waals surface area contributed by atoms with Crippen molar-refractivity contribution in [3.63, 3.8) is 0 Å². The van der Waals surface area contributed by atoms with Crippen molar-refractivity contribution in [2.45, 2.75) is 50.4 Å². The van der Waals surface area contributed by atoms with Gasteiger partial charge in [0, 0.05) is 24.2 Å². The van der Waals surface area contributed by atoms with E-state index in [2.05, 4.69) is 11.2 Å². The van der Waals surface area contributed by atoms with E-state index in [1.165, 1.54) is 44.2 Å². The molecule has 19 heavy (non-hydrogen) atoms. The summed E-state index contributed by atoms with van der Waals surface area (Å²) in [6.07, 6.45) is 13.4. The Morgan fingerprint density at radius 2 is 1.63 bits per heavy atom. The third-order valence-electron chi connectivity index (χ3n) is 5.69. The van der Waals surface area contributed by atoms with Crippen LogP contribution in [0.1, 0.15) is 49.9 Å². The first kappa shape index (κ1) is 11.8. The Balaban J connectivity index is 1.64. The van der Waals surface area contributed by atoms with Gasteiger partial charge < -0.3 is 5.73 Å². The van der Waals surface area contributed by atoms with E-state index in [1.54, 1.807) is 0 Å². The summed E-state index contributed by atoms with van der Waals surface area (Å²) in [5.74, 6) is 2.91. The van der Waals surface area contributed by atoms with Crippen LogP contribution in [0, 0.1) is 17.8 Å². The second-order valence-corrected chi connectivity index (χ2v) is 7.13. The van der Waals surface area contributed by atoms with Gasteiger partial charge in [-0.3, -0.25) is 9.97 Å². The van der Waals surface area contributed by atoms with Crippen LogP contribution in [0.5, 0.6) is 0 Å². The van der Waals surface area contributed by atoms with Gasteiger partial charge in [0.15, 0.2) is 0 Å². The number of nitrogens with two attached hydrogens (primary N) is 1. The van der Waals surface area contributed by atoms with Gasteiger partial charge in [-0.05, 0) is 62.8 Å². The smallest absolute Gasteiger partial charge is 0.0648 e. The highest BCUT2D eigenvalue weighted by Gasteiger charge is 2.52. The van der Waals surface area contributed by atoms with Gasteiger partial charge in [-0.2, -0.15) is 0 Å². The highest BCUT2D eigenvalue weighted by molar-refractivity contribution is 5.21. The predicted octanol–water partition coefficient (Wildman–Crippen LogP) is 2.45. The molecule has 102 valence electrons. The van der Waals surface area contributed by atoms with Gasteiger partial charge in [0.05, 0.1) is 11.4 Å². The summed E-state index contributed by atoms with van der Waals surface area (Å²) in [5, 5.41) is 0. The third kappa shape index (κ3) is 1.90. The molecule has 0 amide bonds. The van der Waals surface area contributed by atoms with Gasteiger partial charge in [-0.1, -0.05) is 0 Å². The number of aromatic nitrogens is 2. The Morgan fingerprint density at radius 3 is 2.11 bits per heavy atom. The lowest BCUT2D eigenvalue weighted by Crippen LogP contribution is -2.49. The van der Waals surface area contributed by atoms with E-state index in [4.69, 9.17) is 10.7 Å². The van der Waals surface area contributed by atoms with Gasteiger partial charge in [-0.25, -0.2) is 0 Å². The molecule has 1 aromatic heterocycles. The summed E-state index contributed by atoms with van der Waals surface area (Å²) in [4.78, 5) is 9.35. The van der Waals surface area contributed by atoms with Gasteiger partial charge in [-0.15, -0.1) is 0 Å². The van der Waals surface area contributed by atoms with Crippen LogP contribution in [0.25, 0.3) is 0 Å². The highest BCUT2D eigenvalue weighted by atomic mass is 14.8. The van der Waals surface area contributed by atoms with Gasteiger partial charge >= 0.3 is 0 Å². The van der Waals surface area contributed by atoms with E-state index in [0.29, 0.717) is 12.0 Å². The van der Waals surface area contributed by atoms with Crippen LogP contribution in [0.4, 0.5) is 0 Å². The van der Waals surface area contributed by atoms with Crippen LogP contribution in [0.2, 0.25) is 0 Å². The van der Waals surface area contributed by atoms with E-state index in [0.717, 1.165) is 29.9 Å². The zero-order chi connectivity index (χ0) is 12.9. The van der Waals surface area contributed by atoms with Crippen LogP contribution < -0.4 is 5.73 Å². The zero-order valence-corrected chi connectivity index (χ0v) is 11.5. The maximum Gasteiger partial charge on any atom is 0.0648 e. The van der Waals surface area contributed by atoms with E-state index < -0.39 is 0 Å². The summed E-state index contributed by atoms with van der Waals surface area (Å²) >= 11 is 0. The molecular weight excluding hydrogens is 234 g/mol. The molecule has 1 heterocycles. The monoisotopic (exact) mass is 257 g/mol. The van der Waals surface area contributed by atoms with Crippen LogP contribution in [0.3, 0.4) is 0 Å². The molecule has 5 rings (SSSR count). The molecule has 0 unspecified atom stereocenters. The molecule has 1 aromatic rings. The Morgan fingerprint density at radius 1 is 1.00 bits per heavy atom. The lowest BCUT2D eigenvalue weighted by molar-refractivity contribution is -0.00739. The predicted molar refractivity (Wildman–Crippen MR) is 74.6 cm³/mol. The zero-order valence-electron chi connectivity index (χ0n) is 11.5. The highest BCUT2D eigenvalue weighted by Crippen LogP contribution is 2.60. The van der Waals surface area contributed by atoms with Crippen molar-refractivity contribution in [3.05, 3.63) is 23.8 Å². The molecule has 0 radical (unpaired) electrons. The average molecular weight is 257 g/mol. The molecular formula is C16H23N3. The summed E-state index contributed by atoms with van der Waals surface area (Å²) in [7, 11) is 0. The first-order valence-corrected chi connectivity index (χ1v) is 7.79. The molecule has 0 aliphatic heterocycles. The average Bonchev–Trinajstić information content (AvgIpc) is 2.38. The Labute approximate surface area is 115 Å². The fraction of sp³-hybridized carbons (Fsp3) is 0.750. The van der Waals surface area contributed by atoms with Crippen molar-refractivity contribution >= 4 is 0 Å². The number of rotatable bonds is 3. The van der Waals surface area contributed by atoms with Crippen molar-refractivity contribution in [3.8, 4) is 0 Å². The largest absolute Gasteiger partial charge is 0.330 e. The third-order valence-corrected chi connectivity index (χ3v) is 5.69. The molecule has 4 aliphatic carbocycles. The van der Waals surface area contributed by atoms with Gasteiger partial charge in [0.1, 0.15) is 0 Å². The molecule has 0 spiro atoms. The summed E-state index contributed by atoms with van der Waals surface area (Å²) in [6, 6.07) is 0. The first-order valence-electron chi connectivity index (χ1n) is 7.79. The second kappa shape index (κ2) is 4.27.